The number of nitrogens with two attached hydrogens (primary N) is 1. The van der Waals surface area contributed by atoms with Crippen molar-refractivity contribution < 1.29 is 9.47 Å². The van der Waals surface area contributed by atoms with Crippen molar-refractivity contribution in [3.8, 4) is 11.5 Å². The summed E-state index contributed by atoms with van der Waals surface area (Å²) in [6, 6.07) is 4.24. The minimum atomic E-state index is 0. The third kappa shape index (κ3) is 4.37. The van der Waals surface area contributed by atoms with Crippen molar-refractivity contribution in [3.05, 3.63) is 21.3 Å². The summed E-state index contributed by atoms with van der Waals surface area (Å²) >= 11 is 2.29. The van der Waals surface area contributed by atoms with E-state index in [-0.39, 0.29) is 17.8 Å². The van der Waals surface area contributed by atoms with E-state index >= 15 is 0 Å². The first kappa shape index (κ1) is 18.8. The van der Waals surface area contributed by atoms with Crippen LogP contribution in [0.5, 0.6) is 11.5 Å². The molecule has 0 bridgehead atoms. The Balaban J connectivity index is 0.00000220. The van der Waals surface area contributed by atoms with Gasteiger partial charge in [0.25, 0.3) is 0 Å². The monoisotopic (exact) mass is 426 g/mol. The van der Waals surface area contributed by atoms with Crippen molar-refractivity contribution in [2.24, 2.45) is 11.1 Å². The molecule has 1 fully saturated rings. The lowest BCUT2D eigenvalue weighted by Gasteiger charge is -2.23. The van der Waals surface area contributed by atoms with E-state index in [2.05, 4.69) is 46.5 Å². The van der Waals surface area contributed by atoms with Crippen LogP contribution in [0, 0.1) is 8.99 Å². The first-order chi connectivity index (χ1) is 9.51. The van der Waals surface area contributed by atoms with E-state index in [9.17, 15) is 0 Å². The molecule has 1 aromatic carbocycles. The van der Waals surface area contributed by atoms with Gasteiger partial charge in [-0.3, -0.25) is 4.90 Å². The number of nitrogens with zero attached hydrogens (tertiary/aromatic N) is 1. The second-order valence-electron chi connectivity index (χ2n) is 5.79. The summed E-state index contributed by atoms with van der Waals surface area (Å²) in [4.78, 5) is 2.46. The molecule has 1 heterocycles. The van der Waals surface area contributed by atoms with E-state index in [1.54, 1.807) is 14.2 Å². The number of hydrogen-bond donors (Lipinski definition) is 1. The zero-order valence-electron chi connectivity index (χ0n) is 12.8. The predicted molar refractivity (Wildman–Crippen MR) is 96.6 cm³/mol. The predicted octanol–water partition coefficient (Wildman–Crippen LogP) is 2.90. The molecule has 1 saturated heterocycles. The Morgan fingerprint density at radius 1 is 1.33 bits per heavy atom. The summed E-state index contributed by atoms with van der Waals surface area (Å²) in [6.07, 6.45) is 1.17. The van der Waals surface area contributed by atoms with Crippen LogP contribution in [0.1, 0.15) is 18.9 Å². The number of ether oxygens (including phenoxy) is 2. The van der Waals surface area contributed by atoms with Gasteiger partial charge in [-0.05, 0) is 65.2 Å². The van der Waals surface area contributed by atoms with E-state index < -0.39 is 0 Å². The summed E-state index contributed by atoms with van der Waals surface area (Å²) in [7, 11) is 3.35. The quantitative estimate of drug-likeness (QED) is 0.736. The van der Waals surface area contributed by atoms with Crippen LogP contribution in [-0.2, 0) is 6.54 Å². The van der Waals surface area contributed by atoms with E-state index in [1.807, 2.05) is 0 Å². The van der Waals surface area contributed by atoms with Crippen molar-refractivity contribution in [1.29, 1.82) is 0 Å². The Kier molecular flexibility index (Phi) is 7.03. The average Bonchev–Trinajstić information content (AvgIpc) is 2.80. The van der Waals surface area contributed by atoms with Crippen molar-refractivity contribution in [3.63, 3.8) is 0 Å². The van der Waals surface area contributed by atoms with Crippen molar-refractivity contribution in [2.75, 3.05) is 33.9 Å². The van der Waals surface area contributed by atoms with Crippen molar-refractivity contribution in [2.45, 2.75) is 19.9 Å². The molecule has 0 spiro atoms. The highest BCUT2D eigenvalue weighted by Crippen LogP contribution is 2.35. The summed E-state index contributed by atoms with van der Waals surface area (Å²) < 4.78 is 11.9. The fraction of sp³-hybridized carbons (Fsp3) is 0.600. The standard InChI is InChI=1S/C15H23IN2O2.ClH/c1-15(9-17)4-5-18(10-15)8-11-6-12(16)14(20-3)13(7-11)19-2;/h6-7H,4-5,8-10,17H2,1-3H3;1H. The molecule has 0 saturated carbocycles. The second-order valence-corrected chi connectivity index (χ2v) is 6.95. The molecule has 21 heavy (non-hydrogen) atoms. The first-order valence-electron chi connectivity index (χ1n) is 6.84. The fourth-order valence-corrected chi connectivity index (χ4v) is 3.63. The Morgan fingerprint density at radius 2 is 2.05 bits per heavy atom. The van der Waals surface area contributed by atoms with Gasteiger partial charge in [-0.2, -0.15) is 0 Å². The molecule has 1 aliphatic rings. The molecule has 0 radical (unpaired) electrons. The van der Waals surface area contributed by atoms with Gasteiger partial charge in [-0.25, -0.2) is 0 Å². The molecule has 2 rings (SSSR count). The van der Waals surface area contributed by atoms with Gasteiger partial charge in [0.05, 0.1) is 17.8 Å². The SMILES string of the molecule is COc1cc(CN2CCC(C)(CN)C2)cc(I)c1OC.Cl. The normalized spacial score (nSPS) is 22.0. The van der Waals surface area contributed by atoms with Crippen LogP contribution in [0.2, 0.25) is 0 Å². The van der Waals surface area contributed by atoms with Gasteiger partial charge in [-0.1, -0.05) is 6.92 Å². The summed E-state index contributed by atoms with van der Waals surface area (Å²) in [6.45, 7) is 6.14. The van der Waals surface area contributed by atoms with Gasteiger partial charge in [0.15, 0.2) is 11.5 Å². The maximum atomic E-state index is 5.87. The van der Waals surface area contributed by atoms with Crippen molar-refractivity contribution >= 4 is 35.0 Å². The van der Waals surface area contributed by atoms with Gasteiger partial charge in [0.2, 0.25) is 0 Å². The molecule has 1 aromatic rings. The molecule has 1 atom stereocenters. The number of hydrogen-bond acceptors (Lipinski definition) is 4. The van der Waals surface area contributed by atoms with Gasteiger partial charge in [-0.15, -0.1) is 12.4 Å². The van der Waals surface area contributed by atoms with Gasteiger partial charge in [0.1, 0.15) is 0 Å². The Bertz CT molecular complexity index is 487. The van der Waals surface area contributed by atoms with Crippen LogP contribution < -0.4 is 15.2 Å². The van der Waals surface area contributed by atoms with Crippen molar-refractivity contribution in [1.82, 2.24) is 4.90 Å². The van der Waals surface area contributed by atoms with Gasteiger partial charge >= 0.3 is 0 Å². The number of rotatable bonds is 5. The smallest absolute Gasteiger partial charge is 0.174 e. The number of halogens is 2. The fourth-order valence-electron chi connectivity index (χ4n) is 2.75. The number of methoxy groups -OCH3 is 2. The maximum absolute atomic E-state index is 5.87. The minimum absolute atomic E-state index is 0. The Labute approximate surface area is 146 Å². The van der Waals surface area contributed by atoms with Crippen LogP contribution in [0.4, 0.5) is 0 Å². The van der Waals surface area contributed by atoms with Crippen LogP contribution >= 0.6 is 35.0 Å². The third-order valence-electron chi connectivity index (χ3n) is 4.03. The third-order valence-corrected chi connectivity index (χ3v) is 4.83. The Hall–Kier alpha value is -0.240. The topological polar surface area (TPSA) is 47.7 Å². The van der Waals surface area contributed by atoms with E-state index in [0.29, 0.717) is 0 Å². The molecule has 1 unspecified atom stereocenters. The highest BCUT2D eigenvalue weighted by Gasteiger charge is 2.32. The molecule has 4 nitrogen and oxygen atoms in total. The van der Waals surface area contributed by atoms with E-state index in [4.69, 9.17) is 15.2 Å². The lowest BCUT2D eigenvalue weighted by Crippen LogP contribution is -2.31. The number of benzene rings is 1. The highest BCUT2D eigenvalue weighted by molar-refractivity contribution is 14.1. The highest BCUT2D eigenvalue weighted by atomic mass is 127. The van der Waals surface area contributed by atoms with Crippen LogP contribution in [0.15, 0.2) is 12.1 Å². The Morgan fingerprint density at radius 3 is 2.57 bits per heavy atom. The zero-order valence-corrected chi connectivity index (χ0v) is 15.8. The molecule has 120 valence electrons. The molecule has 1 aliphatic heterocycles. The maximum Gasteiger partial charge on any atom is 0.174 e. The lowest BCUT2D eigenvalue weighted by molar-refractivity contribution is 0.273. The van der Waals surface area contributed by atoms with Gasteiger partial charge in [0, 0.05) is 13.1 Å². The molecular formula is C15H24ClIN2O2. The molecule has 0 aliphatic carbocycles. The lowest BCUT2D eigenvalue weighted by atomic mass is 9.90. The van der Waals surface area contributed by atoms with E-state index in [1.165, 1.54) is 12.0 Å². The summed E-state index contributed by atoms with van der Waals surface area (Å²) in [5, 5.41) is 0. The second kappa shape index (κ2) is 7.85. The van der Waals surface area contributed by atoms with Crippen LogP contribution in [0.25, 0.3) is 0 Å². The first-order valence-corrected chi connectivity index (χ1v) is 7.92. The zero-order chi connectivity index (χ0) is 14.8. The number of likely N-dealkylation sites (tertiary alicyclic amines) is 1. The minimum Gasteiger partial charge on any atom is -0.493 e. The molecule has 0 amide bonds. The van der Waals surface area contributed by atoms with Gasteiger partial charge < -0.3 is 15.2 Å². The molecule has 6 heteroatoms. The van der Waals surface area contributed by atoms with E-state index in [0.717, 1.165) is 41.2 Å². The summed E-state index contributed by atoms with van der Waals surface area (Å²) in [5.74, 6) is 1.61. The average molecular weight is 427 g/mol. The van der Waals surface area contributed by atoms with Crippen LogP contribution in [0.3, 0.4) is 0 Å². The largest absolute Gasteiger partial charge is 0.493 e. The molecule has 2 N–H and O–H groups in total. The summed E-state index contributed by atoms with van der Waals surface area (Å²) in [5.41, 5.74) is 7.39. The van der Waals surface area contributed by atoms with Crippen LogP contribution in [-0.4, -0.2) is 38.8 Å². The molecule has 0 aromatic heterocycles. The molecular weight excluding hydrogens is 403 g/mol.